The molecule has 8 nitrogen and oxygen atoms in total. The second kappa shape index (κ2) is 12.3. The Hall–Kier alpha value is -2.54. The minimum absolute atomic E-state index is 0.0107. The average molecular weight is 544 g/mol. The molecule has 0 unspecified atom stereocenters. The van der Waals surface area contributed by atoms with Gasteiger partial charge >= 0.3 is 12.1 Å². The molecule has 37 heavy (non-hydrogen) atoms. The Balaban J connectivity index is 0.000000479. The number of piperidine rings is 1. The molecule has 0 atom stereocenters. The predicted octanol–water partition coefficient (Wildman–Crippen LogP) is 3.58. The Labute approximate surface area is 215 Å². The normalized spacial score (nSPS) is 19.0. The van der Waals surface area contributed by atoms with Crippen molar-refractivity contribution in [2.45, 2.75) is 43.8 Å². The van der Waals surface area contributed by atoms with Gasteiger partial charge in [-0.25, -0.2) is 13.2 Å². The van der Waals surface area contributed by atoms with E-state index in [-0.39, 0.29) is 5.41 Å². The van der Waals surface area contributed by atoms with Crippen molar-refractivity contribution in [2.75, 3.05) is 39.4 Å². The first kappa shape index (κ1) is 29.0. The Morgan fingerprint density at radius 1 is 1.11 bits per heavy atom. The molecule has 3 heterocycles. The molecule has 1 aromatic carbocycles. The van der Waals surface area contributed by atoms with Gasteiger partial charge < -0.3 is 9.84 Å². The standard InChI is InChI=1S/C23H31N3O3S.C2HF3O2/c1-2-20-5-7-22(8-6-20)30(27,28)26-12-9-23(10-13-26)18-25(14-15-29-19-23)17-21-4-3-11-24-16-21;3-2(4,5)1(6)7/h3-8,11,16H,2,9-10,12-15,17-19H2,1H3;(H,6,7). The molecule has 0 aliphatic carbocycles. The molecular weight excluding hydrogens is 511 g/mol. The second-order valence-corrected chi connectivity index (χ2v) is 11.3. The highest BCUT2D eigenvalue weighted by Crippen LogP contribution is 2.36. The molecule has 12 heteroatoms. The SMILES string of the molecule is CCc1ccc(S(=O)(=O)N2CCC3(CC2)COCCN(Cc2cccnc2)C3)cc1.O=C(O)C(F)(F)F. The van der Waals surface area contributed by atoms with Crippen molar-refractivity contribution in [2.24, 2.45) is 5.41 Å². The quantitative estimate of drug-likeness (QED) is 0.615. The summed E-state index contributed by atoms with van der Waals surface area (Å²) in [7, 11) is -3.44. The van der Waals surface area contributed by atoms with E-state index in [0.29, 0.717) is 31.2 Å². The van der Waals surface area contributed by atoms with E-state index in [0.717, 1.165) is 44.5 Å². The third-order valence-electron chi connectivity index (χ3n) is 6.64. The van der Waals surface area contributed by atoms with Crippen molar-refractivity contribution in [3.8, 4) is 0 Å². The van der Waals surface area contributed by atoms with Crippen LogP contribution in [-0.4, -0.2) is 79.3 Å². The van der Waals surface area contributed by atoms with Crippen LogP contribution in [0.5, 0.6) is 0 Å². The van der Waals surface area contributed by atoms with Crippen molar-refractivity contribution in [1.82, 2.24) is 14.2 Å². The molecule has 0 saturated carbocycles. The van der Waals surface area contributed by atoms with Gasteiger partial charge in [0.2, 0.25) is 10.0 Å². The predicted molar refractivity (Wildman–Crippen MR) is 130 cm³/mol. The van der Waals surface area contributed by atoms with Crippen LogP contribution in [0.1, 0.15) is 30.9 Å². The maximum absolute atomic E-state index is 13.1. The monoisotopic (exact) mass is 543 g/mol. The van der Waals surface area contributed by atoms with Crippen LogP contribution in [0.15, 0.2) is 53.7 Å². The number of hydrogen-bond acceptors (Lipinski definition) is 6. The van der Waals surface area contributed by atoms with E-state index >= 15 is 0 Å². The van der Waals surface area contributed by atoms with Crippen LogP contribution in [0.3, 0.4) is 0 Å². The molecule has 1 N–H and O–H groups in total. The average Bonchev–Trinajstić information content (AvgIpc) is 3.06. The summed E-state index contributed by atoms with van der Waals surface area (Å²) in [6.45, 7) is 7.25. The maximum Gasteiger partial charge on any atom is 0.490 e. The van der Waals surface area contributed by atoms with E-state index in [9.17, 15) is 21.6 Å². The lowest BCUT2D eigenvalue weighted by molar-refractivity contribution is -0.192. The number of carboxylic acid groups (broad SMARTS) is 1. The van der Waals surface area contributed by atoms with E-state index in [1.54, 1.807) is 22.6 Å². The van der Waals surface area contributed by atoms with Crippen molar-refractivity contribution >= 4 is 16.0 Å². The van der Waals surface area contributed by atoms with Crippen LogP contribution in [-0.2, 0) is 32.5 Å². The number of ether oxygens (including phenoxy) is 1. The first-order chi connectivity index (χ1) is 17.4. The number of aliphatic carboxylic acids is 1. The third-order valence-corrected chi connectivity index (χ3v) is 8.56. The lowest BCUT2D eigenvalue weighted by atomic mass is 9.79. The number of pyridine rings is 1. The molecule has 2 saturated heterocycles. The smallest absolute Gasteiger partial charge is 0.475 e. The van der Waals surface area contributed by atoms with Gasteiger partial charge in [-0.1, -0.05) is 25.1 Å². The van der Waals surface area contributed by atoms with E-state index in [1.165, 1.54) is 5.56 Å². The van der Waals surface area contributed by atoms with Crippen LogP contribution in [0.4, 0.5) is 13.2 Å². The summed E-state index contributed by atoms with van der Waals surface area (Å²) in [6.07, 6.45) is 1.17. The number of alkyl halides is 3. The molecule has 4 rings (SSSR count). The maximum atomic E-state index is 13.1. The van der Waals surface area contributed by atoms with Crippen LogP contribution in [0.2, 0.25) is 0 Å². The molecule has 0 amide bonds. The van der Waals surface area contributed by atoms with Crippen molar-refractivity contribution < 1.29 is 36.2 Å². The highest BCUT2D eigenvalue weighted by Gasteiger charge is 2.41. The molecule has 2 aliphatic rings. The Bertz CT molecular complexity index is 1120. The molecule has 204 valence electrons. The van der Waals surface area contributed by atoms with Gasteiger partial charge in [0.1, 0.15) is 0 Å². The summed E-state index contributed by atoms with van der Waals surface area (Å²) in [5.74, 6) is -2.76. The van der Waals surface area contributed by atoms with Gasteiger partial charge in [-0.2, -0.15) is 17.5 Å². The number of carbonyl (C=O) groups is 1. The number of rotatable bonds is 5. The molecule has 0 radical (unpaired) electrons. The number of halogens is 3. The van der Waals surface area contributed by atoms with Crippen molar-refractivity contribution in [1.29, 1.82) is 0 Å². The van der Waals surface area contributed by atoms with Crippen LogP contribution in [0.25, 0.3) is 0 Å². The van der Waals surface area contributed by atoms with E-state index < -0.39 is 22.2 Å². The molecular formula is C25H32F3N3O5S. The van der Waals surface area contributed by atoms with Gasteiger partial charge in [-0.15, -0.1) is 0 Å². The summed E-state index contributed by atoms with van der Waals surface area (Å²) in [5, 5.41) is 7.12. The Morgan fingerprint density at radius 2 is 1.76 bits per heavy atom. The minimum Gasteiger partial charge on any atom is -0.475 e. The molecule has 2 aromatic rings. The summed E-state index contributed by atoms with van der Waals surface area (Å²) in [6, 6.07) is 11.4. The minimum atomic E-state index is -5.08. The summed E-state index contributed by atoms with van der Waals surface area (Å²) in [5.41, 5.74) is 2.36. The first-order valence-electron chi connectivity index (χ1n) is 12.0. The van der Waals surface area contributed by atoms with Gasteiger partial charge in [0, 0.05) is 50.5 Å². The second-order valence-electron chi connectivity index (χ2n) is 9.33. The van der Waals surface area contributed by atoms with Gasteiger partial charge in [0.25, 0.3) is 0 Å². The number of aromatic nitrogens is 1. The molecule has 2 aliphatic heterocycles. The highest BCUT2D eigenvalue weighted by atomic mass is 32.2. The van der Waals surface area contributed by atoms with Crippen LogP contribution in [0, 0.1) is 5.41 Å². The summed E-state index contributed by atoms with van der Waals surface area (Å²) >= 11 is 0. The van der Waals surface area contributed by atoms with Gasteiger partial charge in [0.05, 0.1) is 18.1 Å². The van der Waals surface area contributed by atoms with Gasteiger partial charge in [-0.3, -0.25) is 9.88 Å². The van der Waals surface area contributed by atoms with Gasteiger partial charge in [-0.05, 0) is 48.6 Å². The first-order valence-corrected chi connectivity index (χ1v) is 13.5. The van der Waals surface area contributed by atoms with E-state index in [2.05, 4.69) is 22.9 Å². The largest absolute Gasteiger partial charge is 0.490 e. The Morgan fingerprint density at radius 3 is 2.30 bits per heavy atom. The lowest BCUT2D eigenvalue weighted by Crippen LogP contribution is -2.48. The number of nitrogens with zero attached hydrogens (tertiary/aromatic N) is 3. The topological polar surface area (TPSA) is 100 Å². The highest BCUT2D eigenvalue weighted by molar-refractivity contribution is 7.89. The molecule has 0 bridgehead atoms. The zero-order chi connectivity index (χ0) is 27.1. The van der Waals surface area contributed by atoms with E-state index in [1.807, 2.05) is 24.4 Å². The third kappa shape index (κ3) is 7.97. The van der Waals surface area contributed by atoms with Gasteiger partial charge in [0.15, 0.2) is 0 Å². The van der Waals surface area contributed by atoms with Crippen molar-refractivity contribution in [3.63, 3.8) is 0 Å². The summed E-state index contributed by atoms with van der Waals surface area (Å²) < 4.78 is 65.6. The number of carboxylic acids is 1. The van der Waals surface area contributed by atoms with Crippen LogP contribution < -0.4 is 0 Å². The van der Waals surface area contributed by atoms with E-state index in [4.69, 9.17) is 14.6 Å². The number of sulfonamides is 1. The lowest BCUT2D eigenvalue weighted by Gasteiger charge is -2.42. The fraction of sp³-hybridized carbons (Fsp3) is 0.520. The molecule has 1 spiro atoms. The van der Waals surface area contributed by atoms with Crippen molar-refractivity contribution in [3.05, 3.63) is 59.9 Å². The number of benzene rings is 1. The summed E-state index contributed by atoms with van der Waals surface area (Å²) in [4.78, 5) is 15.9. The van der Waals surface area contributed by atoms with Crippen LogP contribution >= 0.6 is 0 Å². The fourth-order valence-corrected chi connectivity index (χ4v) is 5.96. The number of hydrogen-bond donors (Lipinski definition) is 1. The zero-order valence-corrected chi connectivity index (χ0v) is 21.5. The number of aryl methyl sites for hydroxylation is 1. The molecule has 1 aromatic heterocycles. The zero-order valence-electron chi connectivity index (χ0n) is 20.7. The Kier molecular flexibility index (Phi) is 9.68. The fourth-order valence-electron chi connectivity index (χ4n) is 4.52. The molecule has 2 fully saturated rings.